The van der Waals surface area contributed by atoms with Gasteiger partial charge in [-0.3, -0.25) is 4.72 Å². The first-order valence-corrected chi connectivity index (χ1v) is 6.54. The molecule has 17 heavy (non-hydrogen) atoms. The van der Waals surface area contributed by atoms with Gasteiger partial charge in [-0.2, -0.15) is 0 Å². The summed E-state index contributed by atoms with van der Waals surface area (Å²) in [6.07, 6.45) is 2.48. The predicted octanol–water partition coefficient (Wildman–Crippen LogP) is 2.44. The van der Waals surface area contributed by atoms with E-state index in [4.69, 9.17) is 11.6 Å². The van der Waals surface area contributed by atoms with Crippen LogP contribution in [0.1, 0.15) is 5.56 Å². The van der Waals surface area contributed by atoms with Crippen LogP contribution in [-0.2, 0) is 10.0 Å². The Morgan fingerprint density at radius 3 is 2.82 bits per heavy atom. The number of hydrogen-bond acceptors (Lipinski definition) is 4. The summed E-state index contributed by atoms with van der Waals surface area (Å²) in [5.41, 5.74) is 0.766. The third-order valence-corrected chi connectivity index (χ3v) is 4.13. The lowest BCUT2D eigenvalue weighted by molar-refractivity contribution is 0.420. The third kappa shape index (κ3) is 2.42. The zero-order valence-electron chi connectivity index (χ0n) is 8.84. The molecular formula is C10H9ClN2O3S. The minimum Gasteiger partial charge on any atom is -0.362 e. The Morgan fingerprint density at radius 1 is 1.41 bits per heavy atom. The molecule has 0 saturated carbocycles. The van der Waals surface area contributed by atoms with Gasteiger partial charge in [0.2, 0.25) is 0 Å². The smallest absolute Gasteiger partial charge is 0.262 e. The van der Waals surface area contributed by atoms with Crippen LogP contribution in [0.15, 0.2) is 40.1 Å². The quantitative estimate of drug-likeness (QED) is 0.931. The Kier molecular flexibility index (Phi) is 3.08. The normalized spacial score (nSPS) is 11.4. The van der Waals surface area contributed by atoms with Crippen molar-refractivity contribution in [3.63, 3.8) is 0 Å². The standard InChI is InChI=1S/C10H9ClN2O3S/c1-7-9(11)3-2-4-10(7)17(14,15)13-8-5-12-16-6-8/h2-6,13H,1H3. The third-order valence-electron chi connectivity index (χ3n) is 2.19. The van der Waals surface area contributed by atoms with E-state index in [2.05, 4.69) is 14.4 Å². The molecule has 0 aliphatic rings. The Hall–Kier alpha value is -1.53. The monoisotopic (exact) mass is 272 g/mol. The van der Waals surface area contributed by atoms with Gasteiger partial charge < -0.3 is 4.52 Å². The van der Waals surface area contributed by atoms with Gasteiger partial charge in [0.25, 0.3) is 10.0 Å². The number of benzene rings is 1. The van der Waals surface area contributed by atoms with Crippen LogP contribution >= 0.6 is 11.6 Å². The molecule has 0 aliphatic carbocycles. The maximum atomic E-state index is 12.0. The number of aromatic nitrogens is 1. The molecule has 0 radical (unpaired) electrons. The SMILES string of the molecule is Cc1c(Cl)cccc1S(=O)(=O)Nc1cnoc1. The van der Waals surface area contributed by atoms with E-state index in [0.717, 1.165) is 0 Å². The van der Waals surface area contributed by atoms with Crippen LogP contribution in [0.5, 0.6) is 0 Å². The average Bonchev–Trinajstić information content (AvgIpc) is 2.73. The van der Waals surface area contributed by atoms with Crippen LogP contribution in [-0.4, -0.2) is 13.6 Å². The Morgan fingerprint density at radius 2 is 2.18 bits per heavy atom. The van der Waals surface area contributed by atoms with Crippen molar-refractivity contribution in [1.82, 2.24) is 5.16 Å². The van der Waals surface area contributed by atoms with Crippen molar-refractivity contribution in [2.75, 3.05) is 4.72 Å². The summed E-state index contributed by atoms with van der Waals surface area (Å²) in [5, 5.41) is 3.81. The number of sulfonamides is 1. The average molecular weight is 273 g/mol. The topological polar surface area (TPSA) is 72.2 Å². The van der Waals surface area contributed by atoms with Crippen molar-refractivity contribution in [2.24, 2.45) is 0 Å². The summed E-state index contributed by atoms with van der Waals surface area (Å²) >= 11 is 5.88. The zero-order chi connectivity index (χ0) is 12.5. The molecule has 0 bridgehead atoms. The summed E-state index contributed by atoms with van der Waals surface area (Å²) < 4.78 is 31.0. The molecule has 0 unspecified atom stereocenters. The molecule has 90 valence electrons. The fraction of sp³-hybridized carbons (Fsp3) is 0.100. The molecule has 1 N–H and O–H groups in total. The number of anilines is 1. The minimum absolute atomic E-state index is 0.131. The Bertz CT molecular complexity index is 623. The fourth-order valence-corrected chi connectivity index (χ4v) is 2.87. The number of halogens is 1. The molecule has 1 heterocycles. The molecule has 2 aromatic rings. The van der Waals surface area contributed by atoms with Gasteiger partial charge >= 0.3 is 0 Å². The summed E-state index contributed by atoms with van der Waals surface area (Å²) in [6.45, 7) is 1.64. The molecule has 0 amide bonds. The molecule has 0 spiro atoms. The highest BCUT2D eigenvalue weighted by molar-refractivity contribution is 7.92. The first kappa shape index (κ1) is 11.9. The number of hydrogen-bond donors (Lipinski definition) is 1. The highest BCUT2D eigenvalue weighted by atomic mass is 35.5. The van der Waals surface area contributed by atoms with Gasteiger partial charge in [0.05, 0.1) is 11.1 Å². The van der Waals surface area contributed by atoms with Gasteiger partial charge in [-0.05, 0) is 24.6 Å². The highest BCUT2D eigenvalue weighted by Gasteiger charge is 2.18. The first-order valence-electron chi connectivity index (χ1n) is 4.68. The van der Waals surface area contributed by atoms with Gasteiger partial charge in [0, 0.05) is 5.02 Å². The van der Waals surface area contributed by atoms with E-state index in [9.17, 15) is 8.42 Å². The second-order valence-electron chi connectivity index (χ2n) is 3.38. The maximum absolute atomic E-state index is 12.0. The zero-order valence-corrected chi connectivity index (χ0v) is 10.4. The number of nitrogens with one attached hydrogen (secondary N) is 1. The van der Waals surface area contributed by atoms with Crippen LogP contribution < -0.4 is 4.72 Å². The second-order valence-corrected chi connectivity index (χ2v) is 5.44. The molecule has 0 atom stereocenters. The first-order chi connectivity index (χ1) is 8.00. The largest absolute Gasteiger partial charge is 0.362 e. The van der Waals surface area contributed by atoms with Crippen molar-refractivity contribution in [3.05, 3.63) is 41.2 Å². The minimum atomic E-state index is -3.67. The van der Waals surface area contributed by atoms with E-state index < -0.39 is 10.0 Å². The van der Waals surface area contributed by atoms with Gasteiger partial charge in [-0.1, -0.05) is 22.8 Å². The van der Waals surface area contributed by atoms with Crippen LogP contribution in [0, 0.1) is 6.92 Å². The summed E-state index contributed by atoms with van der Waals surface area (Å²) in [4.78, 5) is 0.131. The Balaban J connectivity index is 2.42. The van der Waals surface area contributed by atoms with E-state index in [1.54, 1.807) is 19.1 Å². The van der Waals surface area contributed by atoms with Gasteiger partial charge in [0.15, 0.2) is 0 Å². The highest BCUT2D eigenvalue weighted by Crippen LogP contribution is 2.24. The summed E-state index contributed by atoms with van der Waals surface area (Å²) in [5.74, 6) is 0. The fourth-order valence-electron chi connectivity index (χ4n) is 1.34. The lowest BCUT2D eigenvalue weighted by atomic mass is 10.2. The molecule has 2 rings (SSSR count). The van der Waals surface area contributed by atoms with Gasteiger partial charge in [-0.15, -0.1) is 0 Å². The van der Waals surface area contributed by atoms with E-state index in [1.165, 1.54) is 18.5 Å². The van der Waals surface area contributed by atoms with Crippen molar-refractivity contribution in [2.45, 2.75) is 11.8 Å². The molecule has 1 aromatic carbocycles. The maximum Gasteiger partial charge on any atom is 0.262 e. The molecular weight excluding hydrogens is 264 g/mol. The molecule has 0 fully saturated rings. The molecule has 0 saturated heterocycles. The van der Waals surface area contributed by atoms with E-state index in [0.29, 0.717) is 10.6 Å². The van der Waals surface area contributed by atoms with Crippen LogP contribution in [0.4, 0.5) is 5.69 Å². The van der Waals surface area contributed by atoms with Crippen LogP contribution in [0.25, 0.3) is 0 Å². The number of rotatable bonds is 3. The lowest BCUT2D eigenvalue weighted by Crippen LogP contribution is -2.13. The van der Waals surface area contributed by atoms with E-state index >= 15 is 0 Å². The van der Waals surface area contributed by atoms with Crippen molar-refractivity contribution in [3.8, 4) is 0 Å². The Labute approximate surface area is 103 Å². The van der Waals surface area contributed by atoms with Gasteiger partial charge in [-0.25, -0.2) is 8.42 Å². The molecule has 7 heteroatoms. The molecule has 1 aromatic heterocycles. The van der Waals surface area contributed by atoms with Crippen molar-refractivity contribution < 1.29 is 12.9 Å². The molecule has 5 nitrogen and oxygen atoms in total. The number of nitrogens with zero attached hydrogens (tertiary/aromatic N) is 1. The van der Waals surface area contributed by atoms with Crippen LogP contribution in [0.2, 0.25) is 5.02 Å². The summed E-state index contributed by atoms with van der Waals surface area (Å²) in [6, 6.07) is 4.70. The van der Waals surface area contributed by atoms with Crippen molar-refractivity contribution in [1.29, 1.82) is 0 Å². The van der Waals surface area contributed by atoms with Gasteiger partial charge in [0.1, 0.15) is 12.0 Å². The second kappa shape index (κ2) is 4.38. The predicted molar refractivity (Wildman–Crippen MR) is 63.5 cm³/mol. The molecule has 0 aliphatic heterocycles. The lowest BCUT2D eigenvalue weighted by Gasteiger charge is -2.09. The van der Waals surface area contributed by atoms with Crippen molar-refractivity contribution >= 4 is 27.3 Å². The summed E-state index contributed by atoms with van der Waals surface area (Å²) in [7, 11) is -3.67. The van der Waals surface area contributed by atoms with E-state index in [-0.39, 0.29) is 10.6 Å². The van der Waals surface area contributed by atoms with Crippen LogP contribution in [0.3, 0.4) is 0 Å². The van der Waals surface area contributed by atoms with E-state index in [1.807, 2.05) is 0 Å².